The number of nitrogens with zero attached hydrogens (tertiary/aromatic N) is 2. The lowest BCUT2D eigenvalue weighted by Crippen LogP contribution is -2.10. The summed E-state index contributed by atoms with van der Waals surface area (Å²) in [6.07, 6.45) is 5.22. The molecular formula is C28H42ClF2N3O. The zero-order valence-corrected chi connectivity index (χ0v) is 23.4. The van der Waals surface area contributed by atoms with Crippen LogP contribution in [0.2, 0.25) is 5.28 Å². The molecule has 0 bridgehead atoms. The highest BCUT2D eigenvalue weighted by Crippen LogP contribution is 2.23. The molecule has 7 heteroatoms. The highest BCUT2D eigenvalue weighted by Gasteiger charge is 2.22. The molecule has 0 unspecified atom stereocenters. The van der Waals surface area contributed by atoms with E-state index >= 15 is 0 Å². The number of ether oxygens (including phenoxy) is 1. The minimum atomic E-state index is -2.63. The van der Waals surface area contributed by atoms with E-state index in [0.29, 0.717) is 18.2 Å². The van der Waals surface area contributed by atoms with Crippen molar-refractivity contribution in [2.75, 3.05) is 5.73 Å². The maximum atomic E-state index is 12.0. The maximum Gasteiger partial charge on any atom is 0.266 e. The average molecular weight is 510 g/mol. The van der Waals surface area contributed by atoms with Crippen molar-refractivity contribution in [3.8, 4) is 5.88 Å². The molecule has 1 heterocycles. The van der Waals surface area contributed by atoms with Gasteiger partial charge in [0, 0.05) is 6.92 Å². The number of hydrogen-bond acceptors (Lipinski definition) is 4. The number of halogens is 3. The molecule has 0 aliphatic heterocycles. The van der Waals surface area contributed by atoms with E-state index in [-0.39, 0.29) is 10.9 Å². The van der Waals surface area contributed by atoms with Gasteiger partial charge in [0.15, 0.2) is 0 Å². The Morgan fingerprint density at radius 2 is 1.69 bits per heavy atom. The summed E-state index contributed by atoms with van der Waals surface area (Å²) in [4.78, 5) is 7.76. The summed E-state index contributed by atoms with van der Waals surface area (Å²) in [6.45, 7) is 17.4. The van der Waals surface area contributed by atoms with Crippen LogP contribution in [0.5, 0.6) is 5.88 Å². The van der Waals surface area contributed by atoms with E-state index < -0.39 is 5.92 Å². The third-order valence-corrected chi connectivity index (χ3v) is 5.81. The summed E-state index contributed by atoms with van der Waals surface area (Å²) < 4.78 is 29.7. The van der Waals surface area contributed by atoms with E-state index in [1.807, 2.05) is 12.1 Å². The second-order valence-electron chi connectivity index (χ2n) is 8.81. The molecule has 196 valence electrons. The Balaban J connectivity index is 0.000000735. The summed E-state index contributed by atoms with van der Waals surface area (Å²) in [5.74, 6) is -1.44. The fourth-order valence-electron chi connectivity index (χ4n) is 2.24. The second kappa shape index (κ2) is 16.2. The Labute approximate surface area is 215 Å². The molecule has 0 fully saturated rings. The van der Waals surface area contributed by atoms with Crippen molar-refractivity contribution in [3.05, 3.63) is 64.1 Å². The fraction of sp³-hybridized carbons (Fsp3) is 0.500. The molecule has 0 aliphatic rings. The molecule has 0 atom stereocenters. The van der Waals surface area contributed by atoms with E-state index in [9.17, 15) is 8.78 Å². The number of nitrogen functional groups attached to an aromatic ring is 1. The number of benzene rings is 1. The van der Waals surface area contributed by atoms with Gasteiger partial charge in [-0.25, -0.2) is 13.8 Å². The first-order chi connectivity index (χ1) is 16.3. The van der Waals surface area contributed by atoms with Crippen molar-refractivity contribution in [2.45, 2.75) is 87.7 Å². The van der Waals surface area contributed by atoms with Crippen LogP contribution in [0, 0.1) is 5.92 Å². The molecule has 1 aromatic heterocycles. The Kier molecular flexibility index (Phi) is 15.1. The molecule has 1 aromatic carbocycles. The molecule has 0 radical (unpaired) electrons. The SMILES string of the molecule is C/C=C(\C)C(C)(F)F.CCC(C)=C(C)c1ccc(COc2nc(Cl)ncc2N)cc1.CCC(C)C. The summed E-state index contributed by atoms with van der Waals surface area (Å²) >= 11 is 5.73. The van der Waals surface area contributed by atoms with Gasteiger partial charge in [-0.2, -0.15) is 4.98 Å². The van der Waals surface area contributed by atoms with E-state index in [1.165, 1.54) is 42.3 Å². The first kappa shape index (κ1) is 32.5. The van der Waals surface area contributed by atoms with Crippen LogP contribution < -0.4 is 10.5 Å². The molecule has 2 aromatic rings. The standard InChI is InChI=1S/C17H20ClN3O.C6H10F2.C5H12/c1-4-11(2)12(3)14-7-5-13(6-8-14)10-22-16-15(19)9-20-17(18)21-16;1-4-5(2)6(3,7)8;1-4-5(2)3/h5-9H,4,10,19H2,1-3H3;4H,1-3H3;5H,4H2,1-3H3/b;5-4+;. The smallest absolute Gasteiger partial charge is 0.266 e. The van der Waals surface area contributed by atoms with Crippen LogP contribution in [0.1, 0.15) is 86.3 Å². The third kappa shape index (κ3) is 13.3. The van der Waals surface area contributed by atoms with Crippen LogP contribution in [-0.4, -0.2) is 15.9 Å². The number of allylic oxidation sites excluding steroid dienone is 4. The molecule has 4 nitrogen and oxygen atoms in total. The largest absolute Gasteiger partial charge is 0.471 e. The van der Waals surface area contributed by atoms with Crippen LogP contribution in [0.4, 0.5) is 14.5 Å². The molecule has 0 amide bonds. The van der Waals surface area contributed by atoms with Gasteiger partial charge in [-0.1, -0.05) is 70.0 Å². The van der Waals surface area contributed by atoms with Gasteiger partial charge < -0.3 is 10.5 Å². The average Bonchev–Trinajstić information content (AvgIpc) is 2.83. The number of alkyl halides is 2. The van der Waals surface area contributed by atoms with Gasteiger partial charge in [0.1, 0.15) is 12.3 Å². The van der Waals surface area contributed by atoms with E-state index in [1.54, 1.807) is 6.92 Å². The molecular weight excluding hydrogens is 468 g/mol. The van der Waals surface area contributed by atoms with Gasteiger partial charge in [-0.3, -0.25) is 0 Å². The highest BCUT2D eigenvalue weighted by molar-refractivity contribution is 6.28. The topological polar surface area (TPSA) is 61.0 Å². The summed E-state index contributed by atoms with van der Waals surface area (Å²) in [6, 6.07) is 8.29. The van der Waals surface area contributed by atoms with Crippen molar-refractivity contribution in [3.63, 3.8) is 0 Å². The number of hydrogen-bond donors (Lipinski definition) is 1. The summed E-state index contributed by atoms with van der Waals surface area (Å²) in [5.41, 5.74) is 11.2. The van der Waals surface area contributed by atoms with Gasteiger partial charge in [0.2, 0.25) is 11.2 Å². The van der Waals surface area contributed by atoms with Gasteiger partial charge in [0.25, 0.3) is 5.92 Å². The first-order valence-electron chi connectivity index (χ1n) is 11.9. The quantitative estimate of drug-likeness (QED) is 0.298. The number of nitrogens with two attached hydrogens (primary N) is 1. The number of aromatic nitrogens is 2. The van der Waals surface area contributed by atoms with Crippen LogP contribution in [0.25, 0.3) is 5.57 Å². The zero-order chi connectivity index (χ0) is 27.2. The molecule has 2 N–H and O–H groups in total. The predicted molar refractivity (Wildman–Crippen MR) is 146 cm³/mol. The molecule has 0 spiro atoms. The minimum absolute atomic E-state index is 0.121. The lowest BCUT2D eigenvalue weighted by Gasteiger charge is -2.09. The van der Waals surface area contributed by atoms with Crippen molar-refractivity contribution in [2.24, 2.45) is 5.92 Å². The van der Waals surface area contributed by atoms with Crippen molar-refractivity contribution < 1.29 is 13.5 Å². The van der Waals surface area contributed by atoms with Crippen molar-refractivity contribution >= 4 is 22.9 Å². The molecule has 35 heavy (non-hydrogen) atoms. The Hall–Kier alpha value is -2.47. The monoisotopic (exact) mass is 509 g/mol. The Bertz CT molecular complexity index is 950. The normalized spacial score (nSPS) is 12.2. The lowest BCUT2D eigenvalue weighted by atomic mass is 10.00. The number of rotatable bonds is 7. The lowest BCUT2D eigenvalue weighted by molar-refractivity contribution is 0.0633. The first-order valence-corrected chi connectivity index (χ1v) is 12.3. The van der Waals surface area contributed by atoms with E-state index in [4.69, 9.17) is 22.1 Å². The minimum Gasteiger partial charge on any atom is -0.471 e. The maximum absolute atomic E-state index is 12.0. The summed E-state index contributed by atoms with van der Waals surface area (Å²) in [5, 5.41) is 0.121. The van der Waals surface area contributed by atoms with E-state index in [2.05, 4.69) is 63.6 Å². The van der Waals surface area contributed by atoms with Gasteiger partial charge in [-0.05, 0) is 73.9 Å². The molecule has 0 saturated heterocycles. The Morgan fingerprint density at radius 1 is 1.14 bits per heavy atom. The Morgan fingerprint density at radius 3 is 2.09 bits per heavy atom. The van der Waals surface area contributed by atoms with Gasteiger partial charge in [-0.15, -0.1) is 0 Å². The summed E-state index contributed by atoms with van der Waals surface area (Å²) in [7, 11) is 0. The van der Waals surface area contributed by atoms with Crippen LogP contribution in [-0.2, 0) is 6.61 Å². The van der Waals surface area contributed by atoms with Crippen molar-refractivity contribution in [1.82, 2.24) is 9.97 Å². The predicted octanol–water partition coefficient (Wildman–Crippen LogP) is 9.15. The number of anilines is 1. The second-order valence-corrected chi connectivity index (χ2v) is 9.14. The van der Waals surface area contributed by atoms with Crippen LogP contribution >= 0.6 is 11.6 Å². The van der Waals surface area contributed by atoms with E-state index in [0.717, 1.165) is 24.8 Å². The zero-order valence-electron chi connectivity index (χ0n) is 22.7. The highest BCUT2D eigenvalue weighted by atomic mass is 35.5. The molecule has 0 saturated carbocycles. The van der Waals surface area contributed by atoms with Gasteiger partial charge >= 0.3 is 0 Å². The third-order valence-electron chi connectivity index (χ3n) is 5.63. The molecule has 0 aliphatic carbocycles. The molecule has 2 rings (SSSR count). The van der Waals surface area contributed by atoms with Crippen LogP contribution in [0.3, 0.4) is 0 Å². The van der Waals surface area contributed by atoms with Crippen molar-refractivity contribution in [1.29, 1.82) is 0 Å². The van der Waals surface area contributed by atoms with Gasteiger partial charge in [0.05, 0.1) is 6.20 Å². The van der Waals surface area contributed by atoms with Crippen LogP contribution in [0.15, 0.2) is 47.7 Å². The fourth-order valence-corrected chi connectivity index (χ4v) is 2.36.